The molecule has 0 aliphatic carbocycles. The zero-order chi connectivity index (χ0) is 13.1. The molecular formula is C14H19N3S. The van der Waals surface area contributed by atoms with Gasteiger partial charge in [0.05, 0.1) is 10.7 Å². The third-order valence-electron chi connectivity index (χ3n) is 3.14. The maximum absolute atomic E-state index is 4.60. The van der Waals surface area contributed by atoms with Crippen molar-refractivity contribution in [2.75, 3.05) is 7.05 Å². The van der Waals surface area contributed by atoms with E-state index in [4.69, 9.17) is 0 Å². The molecule has 2 aromatic rings. The molecule has 0 saturated carbocycles. The summed E-state index contributed by atoms with van der Waals surface area (Å²) in [6.07, 6.45) is 2.87. The van der Waals surface area contributed by atoms with E-state index < -0.39 is 0 Å². The second kappa shape index (κ2) is 5.59. The minimum atomic E-state index is 0.281. The van der Waals surface area contributed by atoms with Crippen LogP contribution in [0.1, 0.15) is 32.9 Å². The summed E-state index contributed by atoms with van der Waals surface area (Å²) in [7, 11) is 1.98. The van der Waals surface area contributed by atoms with Gasteiger partial charge in [0.1, 0.15) is 0 Å². The molecule has 0 aromatic carbocycles. The lowest BCUT2D eigenvalue weighted by Crippen LogP contribution is -2.19. The summed E-state index contributed by atoms with van der Waals surface area (Å²) in [5.74, 6) is 0. The molecule has 0 amide bonds. The van der Waals surface area contributed by atoms with Crippen molar-refractivity contribution >= 4 is 11.3 Å². The molecule has 0 spiro atoms. The molecule has 1 unspecified atom stereocenters. The fraction of sp³-hybridized carbons (Fsp3) is 0.429. The summed E-state index contributed by atoms with van der Waals surface area (Å²) in [4.78, 5) is 10.3. The van der Waals surface area contributed by atoms with Crippen LogP contribution in [0.4, 0.5) is 0 Å². The Morgan fingerprint density at radius 3 is 2.56 bits per heavy atom. The lowest BCUT2D eigenvalue weighted by Gasteiger charge is -2.14. The molecule has 0 radical (unpaired) electrons. The monoisotopic (exact) mass is 261 g/mol. The molecule has 1 N–H and O–H groups in total. The Labute approximate surface area is 112 Å². The lowest BCUT2D eigenvalue weighted by molar-refractivity contribution is 0.587. The second-order valence-electron chi connectivity index (χ2n) is 4.53. The zero-order valence-corrected chi connectivity index (χ0v) is 12.1. The van der Waals surface area contributed by atoms with Gasteiger partial charge >= 0.3 is 0 Å². The molecule has 0 fully saturated rings. The Hall–Kier alpha value is -1.26. The average molecular weight is 261 g/mol. The molecule has 96 valence electrons. The van der Waals surface area contributed by atoms with Crippen molar-refractivity contribution in [3.05, 3.63) is 45.2 Å². The van der Waals surface area contributed by atoms with E-state index in [1.807, 2.05) is 20.2 Å². The standard InChI is InChI=1S/C14H19N3S/c1-9-5-6-12(8-16-9)13(15-4)7-14-17-10(2)11(3)18-14/h5-6,8,13,15H,7H2,1-4H3. The smallest absolute Gasteiger partial charge is 0.0949 e. The van der Waals surface area contributed by atoms with Crippen LogP contribution in [0.25, 0.3) is 0 Å². The fourth-order valence-electron chi connectivity index (χ4n) is 1.87. The summed E-state index contributed by atoms with van der Waals surface area (Å²) in [6.45, 7) is 6.20. The van der Waals surface area contributed by atoms with Crippen LogP contribution in [0.3, 0.4) is 0 Å². The molecule has 1 atom stereocenters. The van der Waals surface area contributed by atoms with Gasteiger partial charge in [0.15, 0.2) is 0 Å². The molecule has 4 heteroatoms. The van der Waals surface area contributed by atoms with E-state index in [-0.39, 0.29) is 6.04 Å². The van der Waals surface area contributed by atoms with Crippen molar-refractivity contribution in [2.24, 2.45) is 0 Å². The predicted octanol–water partition coefficient (Wildman–Crippen LogP) is 2.97. The van der Waals surface area contributed by atoms with E-state index in [0.29, 0.717) is 0 Å². The van der Waals surface area contributed by atoms with Gasteiger partial charge in [-0.1, -0.05) is 6.07 Å². The van der Waals surface area contributed by atoms with Crippen LogP contribution in [0, 0.1) is 20.8 Å². The molecule has 2 rings (SSSR count). The van der Waals surface area contributed by atoms with Gasteiger partial charge in [-0.3, -0.25) is 4.98 Å². The molecule has 18 heavy (non-hydrogen) atoms. The Kier molecular flexibility index (Phi) is 4.09. The average Bonchev–Trinajstić information content (AvgIpc) is 2.67. The number of rotatable bonds is 4. The second-order valence-corrected chi connectivity index (χ2v) is 5.82. The molecule has 2 aromatic heterocycles. The normalized spacial score (nSPS) is 12.7. The van der Waals surface area contributed by atoms with E-state index in [1.54, 1.807) is 11.3 Å². The highest BCUT2D eigenvalue weighted by Crippen LogP contribution is 2.23. The van der Waals surface area contributed by atoms with Gasteiger partial charge in [0, 0.05) is 29.2 Å². The fourth-order valence-corrected chi connectivity index (χ4v) is 2.85. The summed E-state index contributed by atoms with van der Waals surface area (Å²) in [5.41, 5.74) is 3.41. The van der Waals surface area contributed by atoms with Crippen LogP contribution in [0.2, 0.25) is 0 Å². The predicted molar refractivity (Wildman–Crippen MR) is 76.1 cm³/mol. The number of nitrogens with zero attached hydrogens (tertiary/aromatic N) is 2. The first-order valence-electron chi connectivity index (χ1n) is 6.13. The zero-order valence-electron chi connectivity index (χ0n) is 11.3. The van der Waals surface area contributed by atoms with Gasteiger partial charge < -0.3 is 5.32 Å². The van der Waals surface area contributed by atoms with E-state index >= 15 is 0 Å². The first-order valence-corrected chi connectivity index (χ1v) is 6.94. The molecule has 0 aliphatic rings. The Bertz CT molecular complexity index is 497. The number of aromatic nitrogens is 2. The SMILES string of the molecule is CNC(Cc1nc(C)c(C)s1)c1ccc(C)nc1. The van der Waals surface area contributed by atoms with Crippen molar-refractivity contribution in [3.63, 3.8) is 0 Å². The van der Waals surface area contributed by atoms with E-state index in [9.17, 15) is 0 Å². The molecule has 0 saturated heterocycles. The minimum absolute atomic E-state index is 0.281. The third kappa shape index (κ3) is 2.94. The number of hydrogen-bond donors (Lipinski definition) is 1. The van der Waals surface area contributed by atoms with Crippen molar-refractivity contribution in [3.8, 4) is 0 Å². The lowest BCUT2D eigenvalue weighted by atomic mass is 10.1. The summed E-state index contributed by atoms with van der Waals surface area (Å²) < 4.78 is 0. The van der Waals surface area contributed by atoms with Gasteiger partial charge in [-0.15, -0.1) is 11.3 Å². The number of hydrogen-bond acceptors (Lipinski definition) is 4. The van der Waals surface area contributed by atoms with Crippen molar-refractivity contribution in [2.45, 2.75) is 33.2 Å². The number of nitrogens with one attached hydrogen (secondary N) is 1. The highest BCUT2D eigenvalue weighted by molar-refractivity contribution is 7.11. The number of aryl methyl sites for hydroxylation is 3. The molecule has 0 bridgehead atoms. The maximum Gasteiger partial charge on any atom is 0.0949 e. The van der Waals surface area contributed by atoms with Crippen LogP contribution in [0.5, 0.6) is 0 Å². The first kappa shape index (κ1) is 13.2. The van der Waals surface area contributed by atoms with Crippen molar-refractivity contribution in [1.29, 1.82) is 0 Å². The van der Waals surface area contributed by atoms with Crippen LogP contribution in [0.15, 0.2) is 18.3 Å². The Balaban J connectivity index is 2.16. The first-order chi connectivity index (χ1) is 8.60. The van der Waals surface area contributed by atoms with Crippen LogP contribution in [-0.4, -0.2) is 17.0 Å². The van der Waals surface area contributed by atoms with Gasteiger partial charge in [-0.2, -0.15) is 0 Å². The number of likely N-dealkylation sites (N-methyl/N-ethyl adjacent to an activating group) is 1. The van der Waals surface area contributed by atoms with Crippen LogP contribution < -0.4 is 5.32 Å². The van der Waals surface area contributed by atoms with Crippen molar-refractivity contribution < 1.29 is 0 Å². The minimum Gasteiger partial charge on any atom is -0.313 e. The van der Waals surface area contributed by atoms with Gasteiger partial charge in [-0.05, 0) is 39.4 Å². The van der Waals surface area contributed by atoms with E-state index in [2.05, 4.69) is 41.3 Å². The van der Waals surface area contributed by atoms with E-state index in [0.717, 1.165) is 17.8 Å². The third-order valence-corrected chi connectivity index (χ3v) is 4.23. The Morgan fingerprint density at radius 1 is 1.28 bits per heavy atom. The summed E-state index contributed by atoms with van der Waals surface area (Å²) >= 11 is 1.78. The highest BCUT2D eigenvalue weighted by Gasteiger charge is 2.13. The Morgan fingerprint density at radius 2 is 2.06 bits per heavy atom. The van der Waals surface area contributed by atoms with Gasteiger partial charge in [0.2, 0.25) is 0 Å². The quantitative estimate of drug-likeness (QED) is 0.919. The van der Waals surface area contributed by atoms with Crippen molar-refractivity contribution in [1.82, 2.24) is 15.3 Å². The van der Waals surface area contributed by atoms with Gasteiger partial charge in [0.25, 0.3) is 0 Å². The highest BCUT2D eigenvalue weighted by atomic mass is 32.1. The van der Waals surface area contributed by atoms with Crippen LogP contribution in [-0.2, 0) is 6.42 Å². The largest absolute Gasteiger partial charge is 0.313 e. The molecule has 0 aliphatic heterocycles. The maximum atomic E-state index is 4.60. The molecular weight excluding hydrogens is 242 g/mol. The van der Waals surface area contributed by atoms with Crippen LogP contribution >= 0.6 is 11.3 Å². The molecule has 3 nitrogen and oxygen atoms in total. The number of pyridine rings is 1. The van der Waals surface area contributed by atoms with E-state index in [1.165, 1.54) is 15.4 Å². The topological polar surface area (TPSA) is 37.8 Å². The number of thiazole rings is 1. The summed E-state index contributed by atoms with van der Waals surface area (Å²) in [6, 6.07) is 4.47. The van der Waals surface area contributed by atoms with Gasteiger partial charge in [-0.25, -0.2) is 4.98 Å². The molecule has 2 heterocycles. The summed E-state index contributed by atoms with van der Waals surface area (Å²) in [5, 5.41) is 4.53.